The number of nitrogens with one attached hydrogen (secondary N) is 1. The second kappa shape index (κ2) is 9.58. The van der Waals surface area contributed by atoms with E-state index in [2.05, 4.69) is 27.3 Å². The molecule has 8 heteroatoms. The predicted octanol–water partition coefficient (Wildman–Crippen LogP) is 2.02. The van der Waals surface area contributed by atoms with Crippen molar-refractivity contribution in [2.75, 3.05) is 26.2 Å². The summed E-state index contributed by atoms with van der Waals surface area (Å²) in [7, 11) is 1.97. The van der Waals surface area contributed by atoms with Gasteiger partial charge in [0.15, 0.2) is 0 Å². The topological polar surface area (TPSA) is 51.5 Å². The molecule has 2 aliphatic heterocycles. The number of hydrogen-bond donors (Lipinski definition) is 1. The summed E-state index contributed by atoms with van der Waals surface area (Å²) >= 11 is 0. The zero-order valence-corrected chi connectivity index (χ0v) is 16.5. The largest absolute Gasteiger partial charge is 0.486 e. The monoisotopic (exact) mass is 400 g/mol. The smallest absolute Gasteiger partial charge is 0.146 e. The number of halogens is 2. The van der Waals surface area contributed by atoms with Crippen molar-refractivity contribution in [3.63, 3.8) is 0 Å². The minimum absolute atomic E-state index is 0. The highest BCUT2D eigenvalue weighted by Crippen LogP contribution is 2.21. The van der Waals surface area contributed by atoms with Crippen molar-refractivity contribution < 1.29 is 9.47 Å². The van der Waals surface area contributed by atoms with Gasteiger partial charge in [-0.05, 0) is 17.7 Å². The summed E-state index contributed by atoms with van der Waals surface area (Å²) in [5.41, 5.74) is 1.31. The minimum Gasteiger partial charge on any atom is -0.486 e. The molecular formula is C18H26Cl2N4O2. The Labute approximate surface area is 166 Å². The average Bonchev–Trinajstić information content (AvgIpc) is 3.24. The SMILES string of the molecule is Cl.Cl.Cn1ccnc1COc1ccc(CN2CCO[C@H]3CNC[C@H]32)cc1. The van der Waals surface area contributed by atoms with E-state index >= 15 is 0 Å². The normalized spacial score (nSPS) is 22.2. The van der Waals surface area contributed by atoms with Crippen molar-refractivity contribution in [1.82, 2.24) is 19.8 Å². The molecule has 1 aromatic carbocycles. The highest BCUT2D eigenvalue weighted by atomic mass is 35.5. The molecule has 6 nitrogen and oxygen atoms in total. The molecule has 0 spiro atoms. The average molecular weight is 401 g/mol. The van der Waals surface area contributed by atoms with Crippen LogP contribution in [0.3, 0.4) is 0 Å². The Morgan fingerprint density at radius 2 is 2.04 bits per heavy atom. The Bertz CT molecular complexity index is 680. The number of imidazole rings is 1. The van der Waals surface area contributed by atoms with Gasteiger partial charge in [0.2, 0.25) is 0 Å². The van der Waals surface area contributed by atoms with E-state index in [0.717, 1.165) is 44.4 Å². The third-order valence-corrected chi connectivity index (χ3v) is 4.91. The maximum atomic E-state index is 5.83. The molecule has 2 fully saturated rings. The van der Waals surface area contributed by atoms with Crippen LogP contribution in [-0.4, -0.2) is 52.8 Å². The molecule has 2 aliphatic rings. The first kappa shape index (κ1) is 21.0. The molecule has 4 rings (SSSR count). The molecule has 0 unspecified atom stereocenters. The van der Waals surface area contributed by atoms with E-state index < -0.39 is 0 Å². The number of benzene rings is 1. The Morgan fingerprint density at radius 3 is 2.77 bits per heavy atom. The molecule has 144 valence electrons. The van der Waals surface area contributed by atoms with Gasteiger partial charge in [-0.1, -0.05) is 12.1 Å². The van der Waals surface area contributed by atoms with Crippen LogP contribution in [0.4, 0.5) is 0 Å². The predicted molar refractivity (Wildman–Crippen MR) is 105 cm³/mol. The molecule has 2 atom stereocenters. The fourth-order valence-corrected chi connectivity index (χ4v) is 3.47. The van der Waals surface area contributed by atoms with Gasteiger partial charge < -0.3 is 19.4 Å². The number of aromatic nitrogens is 2. The van der Waals surface area contributed by atoms with Crippen LogP contribution in [0.25, 0.3) is 0 Å². The van der Waals surface area contributed by atoms with Crippen molar-refractivity contribution >= 4 is 24.8 Å². The fraction of sp³-hybridized carbons (Fsp3) is 0.500. The number of morpholine rings is 1. The number of fused-ring (bicyclic) bond motifs is 1. The second-order valence-electron chi connectivity index (χ2n) is 6.49. The molecular weight excluding hydrogens is 375 g/mol. The zero-order chi connectivity index (χ0) is 16.4. The molecule has 1 aromatic heterocycles. The van der Waals surface area contributed by atoms with Gasteiger partial charge in [0.1, 0.15) is 18.2 Å². The summed E-state index contributed by atoms with van der Waals surface area (Å²) in [5, 5.41) is 3.43. The molecule has 2 saturated heterocycles. The third kappa shape index (κ3) is 4.69. The lowest BCUT2D eigenvalue weighted by molar-refractivity contribution is -0.0500. The Morgan fingerprint density at radius 1 is 1.23 bits per heavy atom. The summed E-state index contributed by atoms with van der Waals surface area (Å²) in [6.45, 7) is 5.28. The van der Waals surface area contributed by atoms with Crippen LogP contribution in [0.5, 0.6) is 5.75 Å². The van der Waals surface area contributed by atoms with Gasteiger partial charge >= 0.3 is 0 Å². The quantitative estimate of drug-likeness (QED) is 0.831. The zero-order valence-electron chi connectivity index (χ0n) is 14.8. The Balaban J connectivity index is 0.00000121. The molecule has 0 saturated carbocycles. The summed E-state index contributed by atoms with van der Waals surface area (Å²) in [6.07, 6.45) is 4.06. The van der Waals surface area contributed by atoms with Crippen molar-refractivity contribution in [3.8, 4) is 5.75 Å². The minimum atomic E-state index is 0. The molecule has 0 amide bonds. The van der Waals surface area contributed by atoms with Crippen molar-refractivity contribution in [3.05, 3.63) is 48.0 Å². The first-order valence-electron chi connectivity index (χ1n) is 8.54. The lowest BCUT2D eigenvalue weighted by Gasteiger charge is -2.37. The van der Waals surface area contributed by atoms with Crippen LogP contribution >= 0.6 is 24.8 Å². The lowest BCUT2D eigenvalue weighted by Crippen LogP contribution is -2.50. The van der Waals surface area contributed by atoms with Crippen LogP contribution in [0, 0.1) is 0 Å². The first-order valence-corrected chi connectivity index (χ1v) is 8.54. The third-order valence-electron chi connectivity index (χ3n) is 4.91. The van der Waals surface area contributed by atoms with E-state index in [1.807, 2.05) is 29.9 Å². The molecule has 1 N–H and O–H groups in total. The highest BCUT2D eigenvalue weighted by molar-refractivity contribution is 5.85. The van der Waals surface area contributed by atoms with Crippen LogP contribution in [0.2, 0.25) is 0 Å². The molecule has 0 aliphatic carbocycles. The van der Waals surface area contributed by atoms with E-state index in [4.69, 9.17) is 9.47 Å². The number of ether oxygens (including phenoxy) is 2. The van der Waals surface area contributed by atoms with Gasteiger partial charge in [0, 0.05) is 51.7 Å². The number of nitrogens with zero attached hydrogens (tertiary/aromatic N) is 3. The number of rotatable bonds is 5. The van der Waals surface area contributed by atoms with Crippen molar-refractivity contribution in [1.29, 1.82) is 0 Å². The summed E-state index contributed by atoms with van der Waals surface area (Å²) in [6, 6.07) is 8.89. The molecule has 3 heterocycles. The maximum Gasteiger partial charge on any atom is 0.146 e. The molecule has 0 bridgehead atoms. The van der Waals surface area contributed by atoms with Crippen LogP contribution in [-0.2, 0) is 24.9 Å². The van der Waals surface area contributed by atoms with Crippen LogP contribution in [0.1, 0.15) is 11.4 Å². The van der Waals surface area contributed by atoms with Gasteiger partial charge in [-0.25, -0.2) is 4.98 Å². The maximum absolute atomic E-state index is 5.83. The number of aryl methyl sites for hydroxylation is 1. The Kier molecular flexibility index (Phi) is 7.73. The van der Waals surface area contributed by atoms with Crippen LogP contribution in [0.15, 0.2) is 36.7 Å². The van der Waals surface area contributed by atoms with E-state index in [1.54, 1.807) is 6.20 Å². The second-order valence-corrected chi connectivity index (χ2v) is 6.49. The highest BCUT2D eigenvalue weighted by Gasteiger charge is 2.35. The van der Waals surface area contributed by atoms with E-state index in [9.17, 15) is 0 Å². The van der Waals surface area contributed by atoms with Gasteiger partial charge in [-0.15, -0.1) is 24.8 Å². The Hall–Kier alpha value is -1.31. The number of hydrogen-bond acceptors (Lipinski definition) is 5. The van der Waals surface area contributed by atoms with Gasteiger partial charge in [0.05, 0.1) is 12.7 Å². The molecule has 2 aromatic rings. The van der Waals surface area contributed by atoms with Crippen molar-refractivity contribution in [2.24, 2.45) is 7.05 Å². The van der Waals surface area contributed by atoms with Crippen molar-refractivity contribution in [2.45, 2.75) is 25.3 Å². The van der Waals surface area contributed by atoms with E-state index in [-0.39, 0.29) is 24.8 Å². The van der Waals surface area contributed by atoms with Crippen LogP contribution < -0.4 is 10.1 Å². The molecule has 26 heavy (non-hydrogen) atoms. The first-order chi connectivity index (χ1) is 11.8. The molecule has 0 radical (unpaired) electrons. The lowest BCUT2D eigenvalue weighted by atomic mass is 10.1. The standard InChI is InChI=1S/C18H24N4O2.2ClH/c1-21-7-6-20-18(21)13-24-15-4-2-14(3-5-15)12-22-8-9-23-17-11-19-10-16(17)22;;/h2-7,16-17,19H,8-13H2,1H3;2*1H/t16-,17+;;/m1../s1. The summed E-state index contributed by atoms with van der Waals surface area (Å²) < 4.78 is 13.6. The van der Waals surface area contributed by atoms with Gasteiger partial charge in [-0.2, -0.15) is 0 Å². The summed E-state index contributed by atoms with van der Waals surface area (Å²) in [4.78, 5) is 6.80. The van der Waals surface area contributed by atoms with Gasteiger partial charge in [-0.3, -0.25) is 4.90 Å². The van der Waals surface area contributed by atoms with E-state index in [0.29, 0.717) is 18.8 Å². The van der Waals surface area contributed by atoms with E-state index in [1.165, 1.54) is 5.56 Å². The fourth-order valence-electron chi connectivity index (χ4n) is 3.47. The van der Waals surface area contributed by atoms with Gasteiger partial charge in [0.25, 0.3) is 0 Å². The summed E-state index contributed by atoms with van der Waals surface area (Å²) in [5.74, 6) is 1.80.